The van der Waals surface area contributed by atoms with Gasteiger partial charge in [0.15, 0.2) is 0 Å². The van der Waals surface area contributed by atoms with Gasteiger partial charge >= 0.3 is 12.1 Å². The lowest BCUT2D eigenvalue weighted by atomic mass is 10.0. The number of fused-ring (bicyclic) bond motifs is 1. The van der Waals surface area contributed by atoms with Gasteiger partial charge in [-0.3, -0.25) is 4.79 Å². The summed E-state index contributed by atoms with van der Waals surface area (Å²) in [5, 5.41) is 21.4. The number of carboxylic acids is 1. The SMILES string of the molecule is Cc1cc(C(F)(F)F)nc(SC(C(=O)Nc2ccc(-c3cc(C(=O)O)c4ccccc4n3)cc2)c2ccccc2)c1C#N. The molecular formula is C32H21F3N4O3S. The number of halogens is 3. The highest BCUT2D eigenvalue weighted by Gasteiger charge is 2.35. The molecule has 0 aliphatic rings. The summed E-state index contributed by atoms with van der Waals surface area (Å²) in [6, 6.07) is 26.2. The quantitative estimate of drug-likeness (QED) is 0.185. The molecule has 7 nitrogen and oxygen atoms in total. The van der Waals surface area contributed by atoms with E-state index in [1.54, 1.807) is 78.9 Å². The molecule has 1 atom stereocenters. The maximum atomic E-state index is 13.6. The Morgan fingerprint density at radius 2 is 1.63 bits per heavy atom. The molecule has 214 valence electrons. The maximum absolute atomic E-state index is 13.6. The normalized spacial score (nSPS) is 12.0. The van der Waals surface area contributed by atoms with Crippen molar-refractivity contribution in [2.24, 2.45) is 0 Å². The highest BCUT2D eigenvalue weighted by Crippen LogP contribution is 2.40. The second-order valence-corrected chi connectivity index (χ2v) is 10.6. The number of aromatic carboxylic acids is 1. The van der Waals surface area contributed by atoms with Gasteiger partial charge in [-0.25, -0.2) is 14.8 Å². The van der Waals surface area contributed by atoms with Crippen molar-refractivity contribution >= 4 is 40.2 Å². The molecule has 0 radical (unpaired) electrons. The summed E-state index contributed by atoms with van der Waals surface area (Å²) in [5.74, 6) is -1.63. The molecule has 0 fully saturated rings. The van der Waals surface area contributed by atoms with Crippen molar-refractivity contribution in [3.63, 3.8) is 0 Å². The number of carbonyl (C=O) groups is 2. The summed E-state index contributed by atoms with van der Waals surface area (Å²) in [5.41, 5.74) is 1.48. The standard InChI is InChI=1S/C32H21F3N4O3S/c1-18-15-27(32(33,34)35)39-30(24(18)17-36)43-28(20-7-3-2-4-8-20)29(40)37-21-13-11-19(12-14-21)26-16-23(31(41)42)22-9-5-6-10-25(22)38-26/h2-16,28H,1H3,(H,37,40)(H,41,42). The fourth-order valence-corrected chi connectivity index (χ4v) is 5.61. The predicted molar refractivity (Wildman–Crippen MR) is 156 cm³/mol. The van der Waals surface area contributed by atoms with Gasteiger partial charge in [-0.2, -0.15) is 18.4 Å². The van der Waals surface area contributed by atoms with Gasteiger partial charge in [-0.15, -0.1) is 0 Å². The van der Waals surface area contributed by atoms with Crippen LogP contribution in [0.1, 0.15) is 38.0 Å². The number of amides is 1. The lowest BCUT2D eigenvalue weighted by molar-refractivity contribution is -0.141. The van der Waals surface area contributed by atoms with E-state index >= 15 is 0 Å². The molecule has 2 N–H and O–H groups in total. The van der Waals surface area contributed by atoms with E-state index < -0.39 is 29.0 Å². The number of thioether (sulfide) groups is 1. The Morgan fingerprint density at radius 3 is 2.28 bits per heavy atom. The van der Waals surface area contributed by atoms with Crippen LogP contribution in [0.4, 0.5) is 18.9 Å². The largest absolute Gasteiger partial charge is 0.478 e. The van der Waals surface area contributed by atoms with E-state index in [1.165, 1.54) is 13.0 Å². The second kappa shape index (κ2) is 12.0. The predicted octanol–water partition coefficient (Wildman–Crippen LogP) is 7.67. The Labute approximate surface area is 248 Å². The summed E-state index contributed by atoms with van der Waals surface area (Å²) in [7, 11) is 0. The molecule has 43 heavy (non-hydrogen) atoms. The van der Waals surface area contributed by atoms with Crippen molar-refractivity contribution in [2.75, 3.05) is 5.32 Å². The van der Waals surface area contributed by atoms with E-state index in [0.29, 0.717) is 33.4 Å². The molecule has 1 amide bonds. The van der Waals surface area contributed by atoms with Crippen LogP contribution in [0.2, 0.25) is 0 Å². The number of para-hydroxylation sites is 1. The highest BCUT2D eigenvalue weighted by atomic mass is 32.2. The maximum Gasteiger partial charge on any atom is 0.433 e. The van der Waals surface area contributed by atoms with Crippen molar-refractivity contribution in [3.05, 3.63) is 119 Å². The second-order valence-electron chi connectivity index (χ2n) is 9.47. The van der Waals surface area contributed by atoms with E-state index in [2.05, 4.69) is 15.3 Å². The third-order valence-electron chi connectivity index (χ3n) is 6.55. The molecule has 0 saturated carbocycles. The van der Waals surface area contributed by atoms with E-state index in [1.807, 2.05) is 6.07 Å². The first-order valence-corrected chi connectivity index (χ1v) is 13.7. The van der Waals surface area contributed by atoms with Crippen LogP contribution in [0.3, 0.4) is 0 Å². The van der Waals surface area contributed by atoms with E-state index in [4.69, 9.17) is 0 Å². The molecule has 2 heterocycles. The number of nitriles is 1. The molecule has 5 aromatic rings. The minimum Gasteiger partial charge on any atom is -0.478 e. The van der Waals surface area contributed by atoms with Crippen LogP contribution in [0.5, 0.6) is 0 Å². The minimum atomic E-state index is -4.73. The smallest absolute Gasteiger partial charge is 0.433 e. The van der Waals surface area contributed by atoms with Crippen LogP contribution in [0.25, 0.3) is 22.2 Å². The van der Waals surface area contributed by atoms with Crippen LogP contribution < -0.4 is 5.32 Å². The number of rotatable bonds is 7. The molecule has 0 bridgehead atoms. The number of nitrogens with zero attached hydrogens (tertiary/aromatic N) is 3. The van der Waals surface area contributed by atoms with E-state index in [9.17, 15) is 33.1 Å². The van der Waals surface area contributed by atoms with E-state index in [-0.39, 0.29) is 21.7 Å². The fourth-order valence-electron chi connectivity index (χ4n) is 4.45. The van der Waals surface area contributed by atoms with Crippen LogP contribution >= 0.6 is 11.8 Å². The van der Waals surface area contributed by atoms with E-state index in [0.717, 1.165) is 17.8 Å². The van der Waals surface area contributed by atoms with Crippen molar-refractivity contribution in [1.29, 1.82) is 5.26 Å². The molecule has 0 spiro atoms. The third kappa shape index (κ3) is 6.34. The van der Waals surface area contributed by atoms with Crippen LogP contribution in [-0.2, 0) is 11.0 Å². The number of pyridine rings is 2. The first-order valence-electron chi connectivity index (χ1n) is 12.8. The van der Waals surface area contributed by atoms with Gasteiger partial charge in [0.2, 0.25) is 5.91 Å². The van der Waals surface area contributed by atoms with Crippen molar-refractivity contribution in [3.8, 4) is 17.3 Å². The first-order chi connectivity index (χ1) is 20.5. The number of nitrogens with one attached hydrogen (secondary N) is 1. The molecule has 0 aliphatic heterocycles. The number of benzene rings is 3. The molecule has 2 aromatic heterocycles. The van der Waals surface area contributed by atoms with Crippen LogP contribution in [-0.4, -0.2) is 27.0 Å². The Kier molecular flexibility index (Phi) is 8.14. The molecule has 0 aliphatic carbocycles. The summed E-state index contributed by atoms with van der Waals surface area (Å²) in [4.78, 5) is 33.7. The topological polar surface area (TPSA) is 116 Å². The van der Waals surface area contributed by atoms with Gasteiger partial charge in [0.25, 0.3) is 0 Å². The average Bonchev–Trinajstić information content (AvgIpc) is 2.99. The Hall–Kier alpha value is -5.21. The van der Waals surface area contributed by atoms with Crippen molar-refractivity contribution < 1.29 is 27.9 Å². The van der Waals surface area contributed by atoms with Gasteiger partial charge in [0, 0.05) is 16.6 Å². The Balaban J connectivity index is 1.45. The third-order valence-corrected chi connectivity index (χ3v) is 7.79. The van der Waals surface area contributed by atoms with Crippen molar-refractivity contribution in [2.45, 2.75) is 23.4 Å². The number of hydrogen-bond donors (Lipinski definition) is 2. The van der Waals surface area contributed by atoms with Crippen LogP contribution in [0, 0.1) is 18.3 Å². The van der Waals surface area contributed by atoms with Crippen molar-refractivity contribution in [1.82, 2.24) is 9.97 Å². The Bertz CT molecular complexity index is 1890. The molecule has 3 aromatic carbocycles. The number of hydrogen-bond acceptors (Lipinski definition) is 6. The number of carboxylic acid groups (broad SMARTS) is 1. The lowest BCUT2D eigenvalue weighted by Crippen LogP contribution is -2.19. The summed E-state index contributed by atoms with van der Waals surface area (Å²) in [6.45, 7) is 1.39. The summed E-state index contributed by atoms with van der Waals surface area (Å²) >= 11 is 0.759. The molecule has 11 heteroatoms. The van der Waals surface area contributed by atoms with Gasteiger partial charge in [0.05, 0.1) is 22.3 Å². The van der Waals surface area contributed by atoms with Gasteiger partial charge < -0.3 is 10.4 Å². The number of aromatic nitrogens is 2. The monoisotopic (exact) mass is 598 g/mol. The van der Waals surface area contributed by atoms with Gasteiger partial charge in [0.1, 0.15) is 22.0 Å². The molecular weight excluding hydrogens is 577 g/mol. The Morgan fingerprint density at radius 1 is 0.953 bits per heavy atom. The van der Waals surface area contributed by atoms with Crippen LogP contribution in [0.15, 0.2) is 96.0 Å². The first kappa shape index (κ1) is 29.3. The van der Waals surface area contributed by atoms with Gasteiger partial charge in [-0.1, -0.05) is 72.4 Å². The zero-order valence-electron chi connectivity index (χ0n) is 22.4. The number of anilines is 1. The summed E-state index contributed by atoms with van der Waals surface area (Å²) < 4.78 is 40.5. The molecule has 5 rings (SSSR count). The summed E-state index contributed by atoms with van der Waals surface area (Å²) in [6.07, 6.45) is -4.73. The zero-order valence-corrected chi connectivity index (χ0v) is 23.2. The van der Waals surface area contributed by atoms with Gasteiger partial charge in [-0.05, 0) is 48.4 Å². The molecule has 1 unspecified atom stereocenters. The lowest BCUT2D eigenvalue weighted by Gasteiger charge is -2.19. The fraction of sp³-hybridized carbons (Fsp3) is 0.0938. The number of alkyl halides is 3. The highest BCUT2D eigenvalue weighted by molar-refractivity contribution is 8.00. The zero-order chi connectivity index (χ0) is 30.7. The number of carbonyl (C=O) groups excluding carboxylic acids is 1. The number of aryl methyl sites for hydroxylation is 1. The molecule has 0 saturated heterocycles. The minimum absolute atomic E-state index is 0.0419. The average molecular weight is 599 g/mol.